The molecule has 1 aromatic carbocycles. The molecule has 0 bridgehead atoms. The Labute approximate surface area is 184 Å². The number of fused-ring (bicyclic) bond motifs is 1. The lowest BCUT2D eigenvalue weighted by Gasteiger charge is -2.29. The van der Waals surface area contributed by atoms with Crippen LogP contribution in [-0.4, -0.2) is 84.8 Å². The van der Waals surface area contributed by atoms with Gasteiger partial charge >= 0.3 is 0 Å². The SMILES string of the molecule is N=C(CN1CCOCC1)NC(=O)COc1cccc2c1CN(C1CCC(=O)NC1=O)C2=O. The molecule has 4 amide bonds. The summed E-state index contributed by atoms with van der Waals surface area (Å²) in [6.45, 7) is 2.81. The first-order valence-corrected chi connectivity index (χ1v) is 10.5. The number of benzene rings is 1. The standard InChI is InChI=1S/C21H25N5O6/c22-17(11-25-6-8-31-9-7-25)23-19(28)12-32-16-3-1-2-13-14(16)10-26(21(13)30)15-4-5-18(27)24-20(15)29/h1-3,15H,4-12H2,(H2,22,23,28)(H,24,27,29). The second-order valence-electron chi connectivity index (χ2n) is 7.89. The molecule has 1 unspecified atom stereocenters. The summed E-state index contributed by atoms with van der Waals surface area (Å²) >= 11 is 0. The molecule has 0 spiro atoms. The van der Waals surface area contributed by atoms with Crippen molar-refractivity contribution in [2.45, 2.75) is 25.4 Å². The zero-order valence-electron chi connectivity index (χ0n) is 17.5. The fourth-order valence-corrected chi connectivity index (χ4v) is 4.06. The first-order chi connectivity index (χ1) is 15.4. The van der Waals surface area contributed by atoms with Gasteiger partial charge in [0.25, 0.3) is 11.8 Å². The minimum atomic E-state index is -0.718. The van der Waals surface area contributed by atoms with Crippen molar-refractivity contribution in [1.29, 1.82) is 5.41 Å². The van der Waals surface area contributed by atoms with Crippen LogP contribution >= 0.6 is 0 Å². The molecule has 2 fully saturated rings. The number of nitrogens with one attached hydrogen (secondary N) is 3. The number of morpholine rings is 1. The second-order valence-corrected chi connectivity index (χ2v) is 7.89. The molecule has 2 saturated heterocycles. The molecule has 1 aromatic rings. The van der Waals surface area contributed by atoms with Gasteiger partial charge in [0.05, 0.1) is 26.3 Å². The Morgan fingerprint density at radius 1 is 1.25 bits per heavy atom. The lowest BCUT2D eigenvalue weighted by molar-refractivity contribution is -0.137. The molecule has 0 aliphatic carbocycles. The lowest BCUT2D eigenvalue weighted by atomic mass is 10.0. The predicted octanol–water partition coefficient (Wildman–Crippen LogP) is -0.748. The molecule has 11 nitrogen and oxygen atoms in total. The average Bonchev–Trinajstić information content (AvgIpc) is 3.10. The Bertz CT molecular complexity index is 958. The minimum absolute atomic E-state index is 0.0815. The van der Waals surface area contributed by atoms with Crippen molar-refractivity contribution in [3.8, 4) is 5.75 Å². The number of carbonyl (C=O) groups excluding carboxylic acids is 4. The minimum Gasteiger partial charge on any atom is -0.483 e. The smallest absolute Gasteiger partial charge is 0.263 e. The zero-order chi connectivity index (χ0) is 22.7. The van der Waals surface area contributed by atoms with Crippen LogP contribution in [0.4, 0.5) is 0 Å². The Morgan fingerprint density at radius 3 is 2.78 bits per heavy atom. The number of amidine groups is 1. The first kappa shape index (κ1) is 21.9. The van der Waals surface area contributed by atoms with E-state index in [1.807, 2.05) is 4.90 Å². The number of nitrogens with zero attached hydrogens (tertiary/aromatic N) is 2. The third kappa shape index (κ3) is 4.78. The predicted molar refractivity (Wildman–Crippen MR) is 111 cm³/mol. The van der Waals surface area contributed by atoms with Gasteiger partial charge in [-0.1, -0.05) is 6.07 Å². The van der Waals surface area contributed by atoms with Crippen molar-refractivity contribution in [2.24, 2.45) is 0 Å². The van der Waals surface area contributed by atoms with Crippen molar-refractivity contribution < 1.29 is 28.7 Å². The van der Waals surface area contributed by atoms with E-state index in [0.29, 0.717) is 49.7 Å². The molecule has 32 heavy (non-hydrogen) atoms. The summed E-state index contributed by atoms with van der Waals surface area (Å²) in [4.78, 5) is 52.1. The molecule has 3 aliphatic rings. The molecular formula is C21H25N5O6. The second kappa shape index (κ2) is 9.45. The Kier molecular flexibility index (Phi) is 6.47. The van der Waals surface area contributed by atoms with E-state index in [2.05, 4.69) is 10.6 Å². The summed E-state index contributed by atoms with van der Waals surface area (Å²) in [5.74, 6) is -1.14. The fourth-order valence-electron chi connectivity index (χ4n) is 4.06. The van der Waals surface area contributed by atoms with Crippen LogP contribution in [0.3, 0.4) is 0 Å². The molecule has 0 saturated carbocycles. The van der Waals surface area contributed by atoms with Gasteiger partial charge in [-0.15, -0.1) is 0 Å². The monoisotopic (exact) mass is 443 g/mol. The molecular weight excluding hydrogens is 418 g/mol. The Hall–Kier alpha value is -3.31. The van der Waals surface area contributed by atoms with Crippen molar-refractivity contribution in [2.75, 3.05) is 39.5 Å². The maximum absolute atomic E-state index is 12.8. The zero-order valence-corrected chi connectivity index (χ0v) is 17.5. The molecule has 3 aliphatic heterocycles. The molecule has 0 aromatic heterocycles. The highest BCUT2D eigenvalue weighted by atomic mass is 16.5. The van der Waals surface area contributed by atoms with Crippen molar-refractivity contribution in [1.82, 2.24) is 20.4 Å². The normalized spacial score (nSPS) is 21.2. The highest BCUT2D eigenvalue weighted by Gasteiger charge is 2.40. The highest BCUT2D eigenvalue weighted by molar-refractivity contribution is 6.05. The Balaban J connectivity index is 1.34. The van der Waals surface area contributed by atoms with E-state index in [9.17, 15) is 19.2 Å². The van der Waals surface area contributed by atoms with Crippen molar-refractivity contribution in [3.05, 3.63) is 29.3 Å². The van der Waals surface area contributed by atoms with Crippen molar-refractivity contribution >= 4 is 29.5 Å². The van der Waals surface area contributed by atoms with Gasteiger partial charge in [0.15, 0.2) is 6.61 Å². The van der Waals surface area contributed by atoms with Crippen LogP contribution in [0, 0.1) is 5.41 Å². The van der Waals surface area contributed by atoms with Gasteiger partial charge in [0.1, 0.15) is 17.6 Å². The van der Waals surface area contributed by atoms with Gasteiger partial charge in [-0.3, -0.25) is 34.8 Å². The van der Waals surface area contributed by atoms with Crippen LogP contribution in [0.1, 0.15) is 28.8 Å². The van der Waals surface area contributed by atoms with E-state index in [1.165, 1.54) is 4.90 Å². The number of amides is 4. The molecule has 4 rings (SSSR count). The van der Waals surface area contributed by atoms with Gasteiger partial charge < -0.3 is 19.7 Å². The maximum Gasteiger partial charge on any atom is 0.263 e. The molecule has 1 atom stereocenters. The van der Waals surface area contributed by atoms with Gasteiger partial charge in [0.2, 0.25) is 11.8 Å². The molecule has 170 valence electrons. The molecule has 11 heteroatoms. The summed E-state index contributed by atoms with van der Waals surface area (Å²) in [5, 5.41) is 12.8. The van der Waals surface area contributed by atoms with Crippen molar-refractivity contribution in [3.63, 3.8) is 0 Å². The third-order valence-electron chi connectivity index (χ3n) is 5.67. The quantitative estimate of drug-likeness (QED) is 0.298. The summed E-state index contributed by atoms with van der Waals surface area (Å²) in [6.07, 6.45) is 0.449. The summed E-state index contributed by atoms with van der Waals surface area (Å²) in [6, 6.07) is 4.24. The highest BCUT2D eigenvalue weighted by Crippen LogP contribution is 2.33. The number of rotatable bonds is 6. The number of ether oxygens (including phenoxy) is 2. The number of imide groups is 1. The van der Waals surface area contributed by atoms with Crippen LogP contribution in [-0.2, 0) is 25.7 Å². The van der Waals surface area contributed by atoms with E-state index in [-0.39, 0.29) is 43.6 Å². The van der Waals surface area contributed by atoms with E-state index in [1.54, 1.807) is 18.2 Å². The largest absolute Gasteiger partial charge is 0.483 e. The van der Waals surface area contributed by atoms with Crippen LogP contribution in [0.2, 0.25) is 0 Å². The van der Waals surface area contributed by atoms with Crippen LogP contribution < -0.4 is 15.4 Å². The molecule has 0 radical (unpaired) electrons. The van der Waals surface area contributed by atoms with Crippen LogP contribution in [0.15, 0.2) is 18.2 Å². The van der Waals surface area contributed by atoms with Crippen LogP contribution in [0.5, 0.6) is 5.75 Å². The maximum atomic E-state index is 12.8. The van der Waals surface area contributed by atoms with Gasteiger partial charge in [-0.2, -0.15) is 0 Å². The topological polar surface area (TPSA) is 141 Å². The Morgan fingerprint density at radius 2 is 2.03 bits per heavy atom. The molecule has 3 N–H and O–H groups in total. The number of hydrogen-bond donors (Lipinski definition) is 3. The van der Waals surface area contributed by atoms with Crippen LogP contribution in [0.25, 0.3) is 0 Å². The number of hydrogen-bond acceptors (Lipinski definition) is 8. The lowest BCUT2D eigenvalue weighted by Crippen LogP contribution is -2.52. The summed E-state index contributed by atoms with van der Waals surface area (Å²) in [5.41, 5.74) is 1.01. The van der Waals surface area contributed by atoms with E-state index < -0.39 is 17.9 Å². The van der Waals surface area contributed by atoms with Gasteiger partial charge in [0, 0.05) is 30.6 Å². The van der Waals surface area contributed by atoms with Gasteiger partial charge in [-0.25, -0.2) is 0 Å². The van der Waals surface area contributed by atoms with E-state index in [4.69, 9.17) is 14.9 Å². The number of piperidine rings is 1. The summed E-state index contributed by atoms with van der Waals surface area (Å²) in [7, 11) is 0. The number of carbonyl (C=O) groups is 4. The first-order valence-electron chi connectivity index (χ1n) is 10.5. The molecule has 3 heterocycles. The fraction of sp³-hybridized carbons (Fsp3) is 0.476. The third-order valence-corrected chi connectivity index (χ3v) is 5.67. The van der Waals surface area contributed by atoms with E-state index in [0.717, 1.165) is 0 Å². The average molecular weight is 443 g/mol. The summed E-state index contributed by atoms with van der Waals surface area (Å²) < 4.78 is 10.9. The van der Waals surface area contributed by atoms with Gasteiger partial charge in [-0.05, 0) is 18.6 Å². The van der Waals surface area contributed by atoms with E-state index >= 15 is 0 Å².